The quantitative estimate of drug-likeness (QED) is 0.539. The Bertz CT molecular complexity index is 314. The monoisotopic (exact) mass is 245 g/mol. The Hall–Kier alpha value is -0.580. The number of carbonyl (C=O) groups excluding carboxylic acids is 1. The highest BCUT2D eigenvalue weighted by molar-refractivity contribution is 6.41. The Morgan fingerprint density at radius 2 is 1.69 bits per heavy atom. The molecule has 90 valence electrons. The van der Waals surface area contributed by atoms with Crippen LogP contribution in [-0.4, -0.2) is 48.3 Å². The third-order valence-electron chi connectivity index (χ3n) is 2.84. The van der Waals surface area contributed by atoms with E-state index < -0.39 is 0 Å². The van der Waals surface area contributed by atoms with Gasteiger partial charge < -0.3 is 14.4 Å². The van der Waals surface area contributed by atoms with Crippen molar-refractivity contribution < 1.29 is 14.3 Å². The van der Waals surface area contributed by atoms with Crippen LogP contribution in [0.3, 0.4) is 0 Å². The lowest BCUT2D eigenvalue weighted by Crippen LogP contribution is -2.43. The Labute approximate surface area is 100 Å². The minimum Gasteiger partial charge on any atom is -0.368 e. The lowest BCUT2D eigenvalue weighted by molar-refractivity contribution is -0.128. The summed E-state index contributed by atoms with van der Waals surface area (Å²) in [5.41, 5.74) is -0.430. The van der Waals surface area contributed by atoms with E-state index in [2.05, 4.69) is 6.58 Å². The highest BCUT2D eigenvalue weighted by Crippen LogP contribution is 2.32. The van der Waals surface area contributed by atoms with Crippen LogP contribution in [0.1, 0.15) is 13.8 Å². The topological polar surface area (TPSA) is 45.4 Å². The van der Waals surface area contributed by atoms with E-state index in [9.17, 15) is 4.79 Å². The smallest absolute Gasteiger partial charge is 0.264 e. The number of nitrogens with zero attached hydrogens (tertiary/aromatic N) is 1. The van der Waals surface area contributed by atoms with Crippen molar-refractivity contribution in [2.75, 3.05) is 26.3 Å². The van der Waals surface area contributed by atoms with Gasteiger partial charge in [0.15, 0.2) is 0 Å². The molecule has 0 spiro atoms. The summed E-state index contributed by atoms with van der Waals surface area (Å²) in [7, 11) is 0. The molecule has 0 aliphatic carbocycles. The van der Waals surface area contributed by atoms with E-state index in [4.69, 9.17) is 21.1 Å². The first-order chi connectivity index (χ1) is 7.34. The van der Waals surface area contributed by atoms with E-state index in [0.717, 1.165) is 0 Å². The van der Waals surface area contributed by atoms with Crippen molar-refractivity contribution in [3.8, 4) is 0 Å². The average molecular weight is 246 g/mol. The number of carbonyl (C=O) groups is 1. The van der Waals surface area contributed by atoms with Gasteiger partial charge in [-0.05, 0) is 13.8 Å². The van der Waals surface area contributed by atoms with Gasteiger partial charge in [0.1, 0.15) is 11.2 Å². The van der Waals surface area contributed by atoms with E-state index in [0.29, 0.717) is 26.3 Å². The van der Waals surface area contributed by atoms with Crippen LogP contribution in [-0.2, 0) is 14.3 Å². The van der Waals surface area contributed by atoms with Gasteiger partial charge in [0.05, 0.1) is 31.3 Å². The summed E-state index contributed by atoms with van der Waals surface area (Å²) in [6, 6.07) is 0. The molecule has 2 unspecified atom stereocenters. The molecular weight excluding hydrogens is 230 g/mol. The molecule has 0 bridgehead atoms. The fraction of sp³-hybridized carbons (Fsp3) is 0.727. The van der Waals surface area contributed by atoms with Crippen LogP contribution in [0.15, 0.2) is 11.6 Å². The highest BCUT2D eigenvalue weighted by atomic mass is 35.5. The minimum absolute atomic E-state index is 0.0356. The normalized spacial score (nSPS) is 35.7. The minimum atomic E-state index is -0.241. The van der Waals surface area contributed by atoms with Crippen molar-refractivity contribution in [2.24, 2.45) is 0 Å². The number of epoxide rings is 2. The molecule has 4 nitrogen and oxygen atoms in total. The van der Waals surface area contributed by atoms with Crippen LogP contribution in [0.4, 0.5) is 0 Å². The second-order valence-corrected chi connectivity index (χ2v) is 5.50. The molecule has 2 fully saturated rings. The Morgan fingerprint density at radius 1 is 1.31 bits per heavy atom. The molecule has 2 aliphatic rings. The molecule has 0 radical (unpaired) electrons. The van der Waals surface area contributed by atoms with E-state index in [1.807, 2.05) is 13.8 Å². The lowest BCUT2D eigenvalue weighted by Gasteiger charge is -2.25. The molecule has 2 saturated heterocycles. The first-order valence-corrected chi connectivity index (χ1v) is 5.63. The number of rotatable bonds is 5. The summed E-state index contributed by atoms with van der Waals surface area (Å²) in [5, 5.41) is 0.0356. The number of amides is 1. The van der Waals surface area contributed by atoms with Crippen molar-refractivity contribution in [2.45, 2.75) is 25.0 Å². The maximum Gasteiger partial charge on any atom is 0.264 e. The zero-order valence-corrected chi connectivity index (χ0v) is 10.3. The summed E-state index contributed by atoms with van der Waals surface area (Å²) in [6.07, 6.45) is 0. The predicted molar refractivity (Wildman–Crippen MR) is 60.3 cm³/mol. The second kappa shape index (κ2) is 3.72. The predicted octanol–water partition coefficient (Wildman–Crippen LogP) is 1.15. The molecule has 2 rings (SSSR count). The zero-order valence-electron chi connectivity index (χ0n) is 9.59. The second-order valence-electron chi connectivity index (χ2n) is 5.04. The summed E-state index contributed by atoms with van der Waals surface area (Å²) in [6.45, 7) is 9.86. The molecule has 0 aromatic heterocycles. The van der Waals surface area contributed by atoms with Crippen LogP contribution >= 0.6 is 11.6 Å². The molecule has 0 N–H and O–H groups in total. The summed E-state index contributed by atoms with van der Waals surface area (Å²) >= 11 is 5.65. The lowest BCUT2D eigenvalue weighted by atomic mass is 10.1. The molecule has 16 heavy (non-hydrogen) atoms. The summed E-state index contributed by atoms with van der Waals surface area (Å²) in [4.78, 5) is 13.5. The van der Waals surface area contributed by atoms with Gasteiger partial charge in [-0.25, -0.2) is 0 Å². The molecular formula is C11H16ClNO3. The molecule has 5 heteroatoms. The van der Waals surface area contributed by atoms with Gasteiger partial charge in [-0.2, -0.15) is 0 Å². The highest BCUT2D eigenvalue weighted by Gasteiger charge is 2.47. The SMILES string of the molecule is C=C(Cl)C(=O)N(CC1(C)CO1)CC1(C)CO1. The maximum atomic E-state index is 11.8. The molecule has 1 amide bonds. The van der Waals surface area contributed by atoms with Gasteiger partial charge in [-0.15, -0.1) is 0 Å². The Balaban J connectivity index is 2.00. The van der Waals surface area contributed by atoms with Crippen molar-refractivity contribution in [1.82, 2.24) is 4.90 Å². The van der Waals surface area contributed by atoms with Crippen LogP contribution in [0.2, 0.25) is 0 Å². The summed E-state index contributed by atoms with van der Waals surface area (Å²) in [5.74, 6) is -0.241. The first-order valence-electron chi connectivity index (χ1n) is 5.25. The molecule has 2 atom stereocenters. The van der Waals surface area contributed by atoms with Crippen LogP contribution in [0.25, 0.3) is 0 Å². The number of ether oxygens (including phenoxy) is 2. The van der Waals surface area contributed by atoms with Gasteiger partial charge in [0.25, 0.3) is 5.91 Å². The van der Waals surface area contributed by atoms with Crippen molar-refractivity contribution in [3.63, 3.8) is 0 Å². The van der Waals surface area contributed by atoms with Crippen molar-refractivity contribution in [3.05, 3.63) is 11.6 Å². The average Bonchev–Trinajstić information content (AvgIpc) is 3.07. The summed E-state index contributed by atoms with van der Waals surface area (Å²) < 4.78 is 10.6. The standard InChI is InChI=1S/C11H16ClNO3/c1-8(12)9(14)13(4-10(2)6-15-10)5-11(3)7-16-11/h1,4-7H2,2-3H3. The van der Waals surface area contributed by atoms with Gasteiger partial charge in [0, 0.05) is 0 Å². The maximum absolute atomic E-state index is 11.8. The number of hydrogen-bond acceptors (Lipinski definition) is 3. The Kier molecular flexibility index (Phi) is 2.77. The fourth-order valence-electron chi connectivity index (χ4n) is 1.61. The number of hydrogen-bond donors (Lipinski definition) is 0. The fourth-order valence-corrected chi connectivity index (χ4v) is 1.73. The van der Waals surface area contributed by atoms with E-state index in [1.165, 1.54) is 0 Å². The molecule has 2 heterocycles. The van der Waals surface area contributed by atoms with Gasteiger partial charge >= 0.3 is 0 Å². The van der Waals surface area contributed by atoms with E-state index in [-0.39, 0.29) is 22.1 Å². The van der Waals surface area contributed by atoms with Crippen molar-refractivity contribution in [1.29, 1.82) is 0 Å². The first kappa shape index (κ1) is 11.9. The van der Waals surface area contributed by atoms with Gasteiger partial charge in [0.2, 0.25) is 0 Å². The molecule has 2 aliphatic heterocycles. The third-order valence-corrected chi connectivity index (χ3v) is 3.01. The van der Waals surface area contributed by atoms with Crippen LogP contribution in [0.5, 0.6) is 0 Å². The van der Waals surface area contributed by atoms with Gasteiger partial charge in [-0.3, -0.25) is 4.79 Å². The third kappa shape index (κ3) is 2.75. The Morgan fingerprint density at radius 3 is 1.94 bits per heavy atom. The number of halogens is 1. The van der Waals surface area contributed by atoms with Crippen molar-refractivity contribution >= 4 is 17.5 Å². The van der Waals surface area contributed by atoms with E-state index >= 15 is 0 Å². The van der Waals surface area contributed by atoms with Gasteiger partial charge in [-0.1, -0.05) is 18.2 Å². The largest absolute Gasteiger partial charge is 0.368 e. The van der Waals surface area contributed by atoms with Crippen LogP contribution in [0, 0.1) is 0 Å². The molecule has 0 aromatic carbocycles. The van der Waals surface area contributed by atoms with E-state index in [1.54, 1.807) is 4.90 Å². The molecule has 0 aromatic rings. The zero-order chi connectivity index (χ0) is 12.0. The molecule has 0 saturated carbocycles. The van der Waals surface area contributed by atoms with Crippen LogP contribution < -0.4 is 0 Å².